The summed E-state index contributed by atoms with van der Waals surface area (Å²) in [5.41, 5.74) is 10.5. The molecule has 3 aromatic rings. The summed E-state index contributed by atoms with van der Waals surface area (Å²) in [5.74, 6) is 0.615. The molecule has 0 bridgehead atoms. The average molecular weight is 466 g/mol. The number of likely N-dealkylation sites (tertiary alicyclic amines) is 1. The first kappa shape index (κ1) is 22.4. The van der Waals surface area contributed by atoms with E-state index in [1.165, 1.54) is 12.0 Å². The van der Waals surface area contributed by atoms with Crippen LogP contribution in [0.2, 0.25) is 5.02 Å². The van der Waals surface area contributed by atoms with Gasteiger partial charge in [0.05, 0.1) is 10.7 Å². The van der Waals surface area contributed by atoms with Crippen molar-refractivity contribution in [2.45, 2.75) is 13.0 Å². The van der Waals surface area contributed by atoms with Gasteiger partial charge in [-0.15, -0.1) is 0 Å². The van der Waals surface area contributed by atoms with E-state index in [9.17, 15) is 0 Å². The molecule has 1 aliphatic heterocycles. The number of nitrogens with two attached hydrogens (primary N) is 1. The fraction of sp³-hybridized carbons (Fsp3) is 0.240. The summed E-state index contributed by atoms with van der Waals surface area (Å²) in [6.45, 7) is 4.16. The maximum atomic E-state index is 6.52. The van der Waals surface area contributed by atoms with Gasteiger partial charge in [-0.2, -0.15) is 0 Å². The molecule has 0 amide bonds. The second-order valence-corrected chi connectivity index (χ2v) is 8.97. The lowest BCUT2D eigenvalue weighted by molar-refractivity contribution is 0.319. The molecule has 1 fully saturated rings. The SMILES string of the molecule is Nc1ccc(NC(=S)Nc2ccc(NCC3CCN(Cc4ccccc4)C3)c(Cl)c2)cc1. The van der Waals surface area contributed by atoms with Crippen LogP contribution in [0.15, 0.2) is 72.8 Å². The summed E-state index contributed by atoms with van der Waals surface area (Å²) in [7, 11) is 0. The lowest BCUT2D eigenvalue weighted by Gasteiger charge is -2.17. The largest absolute Gasteiger partial charge is 0.399 e. The highest BCUT2D eigenvalue weighted by atomic mass is 35.5. The third-order valence-electron chi connectivity index (χ3n) is 5.60. The van der Waals surface area contributed by atoms with E-state index in [4.69, 9.17) is 29.6 Å². The Morgan fingerprint density at radius 3 is 2.47 bits per heavy atom. The number of anilines is 4. The molecular weight excluding hydrogens is 438 g/mol. The molecule has 3 aromatic carbocycles. The van der Waals surface area contributed by atoms with Gasteiger partial charge in [0.25, 0.3) is 0 Å². The molecule has 5 nitrogen and oxygen atoms in total. The second kappa shape index (κ2) is 10.7. The maximum absolute atomic E-state index is 6.52. The summed E-state index contributed by atoms with van der Waals surface area (Å²) < 4.78 is 0. The number of nitrogen functional groups attached to an aromatic ring is 1. The van der Waals surface area contributed by atoms with Crippen molar-refractivity contribution in [2.24, 2.45) is 5.92 Å². The first-order chi connectivity index (χ1) is 15.5. The van der Waals surface area contributed by atoms with Crippen LogP contribution >= 0.6 is 23.8 Å². The highest BCUT2D eigenvalue weighted by molar-refractivity contribution is 7.80. The lowest BCUT2D eigenvalue weighted by Crippen LogP contribution is -2.22. The lowest BCUT2D eigenvalue weighted by atomic mass is 10.1. The highest BCUT2D eigenvalue weighted by Gasteiger charge is 2.22. The zero-order valence-corrected chi connectivity index (χ0v) is 19.4. The van der Waals surface area contributed by atoms with Gasteiger partial charge in [-0.1, -0.05) is 41.9 Å². The highest BCUT2D eigenvalue weighted by Crippen LogP contribution is 2.27. The molecular formula is C25H28ClN5S. The van der Waals surface area contributed by atoms with Gasteiger partial charge in [-0.25, -0.2) is 0 Å². The molecule has 1 unspecified atom stereocenters. The van der Waals surface area contributed by atoms with E-state index < -0.39 is 0 Å². The quantitative estimate of drug-likeness (QED) is 0.266. The fourth-order valence-electron chi connectivity index (χ4n) is 3.92. The van der Waals surface area contributed by atoms with Crippen molar-refractivity contribution in [2.75, 3.05) is 41.3 Å². The average Bonchev–Trinajstić information content (AvgIpc) is 3.23. The predicted molar refractivity (Wildman–Crippen MR) is 140 cm³/mol. The van der Waals surface area contributed by atoms with E-state index >= 15 is 0 Å². The topological polar surface area (TPSA) is 65.3 Å². The number of benzene rings is 3. The smallest absolute Gasteiger partial charge is 0.175 e. The molecule has 0 saturated carbocycles. The van der Waals surface area contributed by atoms with Gasteiger partial charge in [-0.3, -0.25) is 4.90 Å². The van der Waals surface area contributed by atoms with Gasteiger partial charge >= 0.3 is 0 Å². The number of thiocarbonyl (C=S) groups is 1. The van der Waals surface area contributed by atoms with Crippen molar-refractivity contribution >= 4 is 51.7 Å². The predicted octanol–water partition coefficient (Wildman–Crippen LogP) is 5.67. The number of nitrogens with one attached hydrogen (secondary N) is 3. The molecule has 4 rings (SSSR count). The second-order valence-electron chi connectivity index (χ2n) is 8.15. The van der Waals surface area contributed by atoms with Crippen LogP contribution in [-0.2, 0) is 6.54 Å². The first-order valence-electron chi connectivity index (χ1n) is 10.8. The molecule has 1 heterocycles. The molecule has 0 aliphatic carbocycles. The Bertz CT molecular complexity index is 1040. The number of rotatable bonds is 7. The molecule has 5 N–H and O–H groups in total. The Morgan fingerprint density at radius 1 is 1.00 bits per heavy atom. The first-order valence-corrected chi connectivity index (χ1v) is 11.6. The van der Waals surface area contributed by atoms with Crippen LogP contribution in [-0.4, -0.2) is 29.6 Å². The summed E-state index contributed by atoms with van der Waals surface area (Å²) >= 11 is 11.9. The molecule has 0 radical (unpaired) electrons. The van der Waals surface area contributed by atoms with Gasteiger partial charge in [0.15, 0.2) is 5.11 Å². The zero-order valence-electron chi connectivity index (χ0n) is 17.9. The van der Waals surface area contributed by atoms with Crippen molar-refractivity contribution in [1.29, 1.82) is 0 Å². The molecule has 1 aliphatic rings. The van der Waals surface area contributed by atoms with Crippen molar-refractivity contribution in [3.8, 4) is 0 Å². The third kappa shape index (κ3) is 6.36. The van der Waals surface area contributed by atoms with E-state index in [1.54, 1.807) is 0 Å². The van der Waals surface area contributed by atoms with Crippen molar-refractivity contribution < 1.29 is 0 Å². The van der Waals surface area contributed by atoms with Gasteiger partial charge < -0.3 is 21.7 Å². The Morgan fingerprint density at radius 2 is 1.72 bits per heavy atom. The molecule has 32 heavy (non-hydrogen) atoms. The van der Waals surface area contributed by atoms with Gasteiger partial charge in [0.1, 0.15) is 0 Å². The summed E-state index contributed by atoms with van der Waals surface area (Å²) in [5, 5.41) is 11.0. The van der Waals surface area contributed by atoms with Gasteiger partial charge in [0, 0.05) is 36.7 Å². The molecule has 166 valence electrons. The number of hydrogen-bond acceptors (Lipinski definition) is 4. The van der Waals surface area contributed by atoms with Crippen LogP contribution in [0.5, 0.6) is 0 Å². The Balaban J connectivity index is 1.24. The normalized spacial score (nSPS) is 16.0. The Kier molecular flexibility index (Phi) is 7.47. The standard InChI is InChI=1S/C25H28ClN5S/c26-23-14-22(30-25(32)29-21-8-6-20(27)7-9-21)10-11-24(23)28-15-19-12-13-31(17-19)16-18-4-2-1-3-5-18/h1-11,14,19,28H,12-13,15-17,27H2,(H2,29,30,32). The molecule has 0 aromatic heterocycles. The minimum absolute atomic E-state index is 0.496. The Labute approximate surface area is 200 Å². The summed E-state index contributed by atoms with van der Waals surface area (Å²) in [6, 6.07) is 23.9. The molecule has 7 heteroatoms. The minimum atomic E-state index is 0.496. The molecule has 0 spiro atoms. The van der Waals surface area contributed by atoms with Crippen LogP contribution in [0.3, 0.4) is 0 Å². The van der Waals surface area contributed by atoms with Gasteiger partial charge in [0.2, 0.25) is 0 Å². The van der Waals surface area contributed by atoms with Crippen LogP contribution in [0, 0.1) is 5.92 Å². The van der Waals surface area contributed by atoms with E-state index in [0.29, 0.717) is 21.7 Å². The number of hydrogen-bond donors (Lipinski definition) is 4. The van der Waals surface area contributed by atoms with E-state index in [-0.39, 0.29) is 0 Å². The van der Waals surface area contributed by atoms with Crippen LogP contribution < -0.4 is 21.7 Å². The van der Waals surface area contributed by atoms with Crippen LogP contribution in [0.4, 0.5) is 22.7 Å². The zero-order chi connectivity index (χ0) is 22.3. The number of halogens is 1. The van der Waals surface area contributed by atoms with Crippen molar-refractivity contribution in [1.82, 2.24) is 4.90 Å². The van der Waals surface area contributed by atoms with Crippen molar-refractivity contribution in [3.63, 3.8) is 0 Å². The van der Waals surface area contributed by atoms with E-state index in [2.05, 4.69) is 51.2 Å². The maximum Gasteiger partial charge on any atom is 0.175 e. The van der Waals surface area contributed by atoms with Gasteiger partial charge in [-0.05, 0) is 79.1 Å². The third-order valence-corrected chi connectivity index (χ3v) is 6.11. The summed E-state index contributed by atoms with van der Waals surface area (Å²) in [6.07, 6.45) is 1.20. The van der Waals surface area contributed by atoms with E-state index in [1.807, 2.05) is 42.5 Å². The van der Waals surface area contributed by atoms with Crippen LogP contribution in [0.25, 0.3) is 0 Å². The van der Waals surface area contributed by atoms with E-state index in [0.717, 1.165) is 43.2 Å². The summed E-state index contributed by atoms with van der Waals surface area (Å²) in [4.78, 5) is 2.52. The van der Waals surface area contributed by atoms with Crippen LogP contribution in [0.1, 0.15) is 12.0 Å². The minimum Gasteiger partial charge on any atom is -0.399 e. The molecule has 1 saturated heterocycles. The van der Waals surface area contributed by atoms with Crippen molar-refractivity contribution in [3.05, 3.63) is 83.4 Å². The number of nitrogens with zero attached hydrogens (tertiary/aromatic N) is 1. The molecule has 1 atom stereocenters. The Hall–Kier alpha value is -2.80. The fourth-order valence-corrected chi connectivity index (χ4v) is 4.40. The monoisotopic (exact) mass is 465 g/mol.